The molecule has 0 aliphatic rings. The van der Waals surface area contributed by atoms with Crippen LogP contribution in [-0.2, 0) is 21.2 Å². The van der Waals surface area contributed by atoms with Crippen LogP contribution in [0.15, 0.2) is 59.5 Å². The van der Waals surface area contributed by atoms with Gasteiger partial charge in [-0.1, -0.05) is 30.3 Å². The molecule has 0 aromatic heterocycles. The summed E-state index contributed by atoms with van der Waals surface area (Å²) in [6.45, 7) is 0. The fraction of sp³-hybridized carbons (Fsp3) is 0.133. The molecule has 0 bridgehead atoms. The molecule has 0 saturated heterocycles. The lowest BCUT2D eigenvalue weighted by Gasteiger charge is -2.09. The Kier molecular flexibility index (Phi) is 5.13. The highest BCUT2D eigenvalue weighted by atomic mass is 32.2. The predicted molar refractivity (Wildman–Crippen MR) is 84.3 cm³/mol. The lowest BCUT2D eigenvalue weighted by Crippen LogP contribution is -2.29. The molecule has 6 nitrogen and oxygen atoms in total. The van der Waals surface area contributed by atoms with Crippen LogP contribution in [0.1, 0.15) is 12.0 Å². The number of carbonyl (C=O) groups is 1. The van der Waals surface area contributed by atoms with Crippen LogP contribution in [0.2, 0.25) is 0 Å². The van der Waals surface area contributed by atoms with Crippen molar-refractivity contribution >= 4 is 21.6 Å². The van der Waals surface area contributed by atoms with Crippen molar-refractivity contribution in [3.05, 3.63) is 60.2 Å². The van der Waals surface area contributed by atoms with Gasteiger partial charge in [0.15, 0.2) is 0 Å². The summed E-state index contributed by atoms with van der Waals surface area (Å²) in [5.74, 6) is -0.153. The van der Waals surface area contributed by atoms with Gasteiger partial charge in [-0.2, -0.15) is 0 Å². The quantitative estimate of drug-likeness (QED) is 0.701. The first-order chi connectivity index (χ1) is 10.4. The van der Waals surface area contributed by atoms with Gasteiger partial charge in [0.1, 0.15) is 0 Å². The van der Waals surface area contributed by atoms with Gasteiger partial charge in [0.2, 0.25) is 15.9 Å². The van der Waals surface area contributed by atoms with Crippen molar-refractivity contribution in [2.24, 2.45) is 5.14 Å². The van der Waals surface area contributed by atoms with Crippen molar-refractivity contribution in [3.63, 3.8) is 0 Å². The number of primary sulfonamides is 1. The fourth-order valence-electron chi connectivity index (χ4n) is 1.83. The number of nitrogens with one attached hydrogen (secondary N) is 2. The van der Waals surface area contributed by atoms with Crippen LogP contribution in [0.25, 0.3) is 0 Å². The number of hydrazine groups is 1. The van der Waals surface area contributed by atoms with Gasteiger partial charge in [0.25, 0.3) is 0 Å². The number of benzene rings is 2. The predicted octanol–water partition coefficient (Wildman–Crippen LogP) is 1.41. The van der Waals surface area contributed by atoms with Gasteiger partial charge in [-0.25, -0.2) is 13.6 Å². The van der Waals surface area contributed by atoms with Crippen molar-refractivity contribution in [3.8, 4) is 0 Å². The van der Waals surface area contributed by atoms with Gasteiger partial charge in [-0.15, -0.1) is 0 Å². The monoisotopic (exact) mass is 319 g/mol. The molecule has 2 rings (SSSR count). The second-order valence-electron chi connectivity index (χ2n) is 4.73. The Labute approximate surface area is 129 Å². The summed E-state index contributed by atoms with van der Waals surface area (Å²) in [5, 5.41) is 5.01. The van der Waals surface area contributed by atoms with E-state index in [-0.39, 0.29) is 10.8 Å². The Hall–Kier alpha value is -2.38. The Morgan fingerprint density at radius 1 is 1.00 bits per heavy atom. The average Bonchev–Trinajstić information content (AvgIpc) is 2.51. The van der Waals surface area contributed by atoms with E-state index in [0.717, 1.165) is 5.56 Å². The lowest BCUT2D eigenvalue weighted by atomic mass is 10.1. The van der Waals surface area contributed by atoms with Crippen molar-refractivity contribution in [2.75, 3.05) is 5.43 Å². The third-order valence-electron chi connectivity index (χ3n) is 3.01. The van der Waals surface area contributed by atoms with Gasteiger partial charge in [-0.05, 0) is 36.2 Å². The highest BCUT2D eigenvalue weighted by molar-refractivity contribution is 7.89. The van der Waals surface area contributed by atoms with E-state index in [0.29, 0.717) is 18.5 Å². The standard InChI is InChI=1S/C15H17N3O3S/c16-22(20,21)14-9-7-13(8-10-14)17-18-15(19)11-6-12-4-2-1-3-5-12/h1-5,7-10,17H,6,11H2,(H,18,19)(H2,16,20,21). The maximum atomic E-state index is 11.7. The maximum Gasteiger partial charge on any atom is 0.238 e. The molecule has 0 spiro atoms. The minimum Gasteiger partial charge on any atom is -0.299 e. The van der Waals surface area contributed by atoms with Gasteiger partial charge in [-0.3, -0.25) is 15.6 Å². The van der Waals surface area contributed by atoms with Crippen LogP contribution in [0.3, 0.4) is 0 Å². The SMILES string of the molecule is NS(=O)(=O)c1ccc(NNC(=O)CCc2ccccc2)cc1. The Morgan fingerprint density at radius 3 is 2.23 bits per heavy atom. The summed E-state index contributed by atoms with van der Waals surface area (Å²) in [6, 6.07) is 15.5. The molecular formula is C15H17N3O3S. The molecule has 0 aliphatic carbocycles. The molecule has 0 unspecified atom stereocenters. The van der Waals surface area contributed by atoms with Crippen LogP contribution in [-0.4, -0.2) is 14.3 Å². The van der Waals surface area contributed by atoms with E-state index in [2.05, 4.69) is 10.9 Å². The van der Waals surface area contributed by atoms with Gasteiger partial charge in [0, 0.05) is 6.42 Å². The second-order valence-corrected chi connectivity index (χ2v) is 6.29. The summed E-state index contributed by atoms with van der Waals surface area (Å²) < 4.78 is 22.2. The molecule has 1 amide bonds. The maximum absolute atomic E-state index is 11.7. The molecule has 0 radical (unpaired) electrons. The minimum atomic E-state index is -3.71. The first-order valence-electron chi connectivity index (χ1n) is 6.67. The van der Waals surface area contributed by atoms with Gasteiger partial charge in [0.05, 0.1) is 10.6 Å². The summed E-state index contributed by atoms with van der Waals surface area (Å²) >= 11 is 0. The van der Waals surface area contributed by atoms with Gasteiger partial charge < -0.3 is 0 Å². The smallest absolute Gasteiger partial charge is 0.238 e. The molecule has 2 aromatic carbocycles. The molecule has 4 N–H and O–H groups in total. The number of amides is 1. The zero-order valence-electron chi connectivity index (χ0n) is 11.8. The molecule has 0 fully saturated rings. The van der Waals surface area contributed by atoms with Crippen LogP contribution >= 0.6 is 0 Å². The molecule has 7 heteroatoms. The number of sulfonamides is 1. The van der Waals surface area contributed by atoms with E-state index >= 15 is 0 Å². The minimum absolute atomic E-state index is 0.0217. The first-order valence-corrected chi connectivity index (χ1v) is 8.21. The number of hydrogen-bond donors (Lipinski definition) is 3. The Balaban J connectivity index is 1.81. The Bertz CT molecular complexity index is 728. The summed E-state index contributed by atoms with van der Waals surface area (Å²) in [4.78, 5) is 11.7. The normalized spacial score (nSPS) is 11.0. The number of nitrogens with two attached hydrogens (primary N) is 1. The van der Waals surface area contributed by atoms with Crippen molar-refractivity contribution in [1.82, 2.24) is 5.43 Å². The van der Waals surface area contributed by atoms with E-state index in [1.54, 1.807) is 0 Å². The lowest BCUT2D eigenvalue weighted by molar-refractivity contribution is -0.120. The molecule has 0 heterocycles. The summed E-state index contributed by atoms with van der Waals surface area (Å²) in [5.41, 5.74) is 6.94. The number of carbonyl (C=O) groups excluding carboxylic acids is 1. The van der Waals surface area contributed by atoms with Crippen LogP contribution in [0.4, 0.5) is 5.69 Å². The third kappa shape index (κ3) is 4.87. The van der Waals surface area contributed by atoms with E-state index in [1.165, 1.54) is 24.3 Å². The highest BCUT2D eigenvalue weighted by Crippen LogP contribution is 2.11. The first kappa shape index (κ1) is 16.0. The van der Waals surface area contributed by atoms with Crippen LogP contribution < -0.4 is 16.0 Å². The van der Waals surface area contributed by atoms with Crippen molar-refractivity contribution in [2.45, 2.75) is 17.7 Å². The Morgan fingerprint density at radius 2 is 1.64 bits per heavy atom. The van der Waals surface area contributed by atoms with Gasteiger partial charge >= 0.3 is 0 Å². The number of hydrogen-bond acceptors (Lipinski definition) is 4. The topological polar surface area (TPSA) is 101 Å². The van der Waals surface area contributed by atoms with Crippen LogP contribution in [0, 0.1) is 0 Å². The molecule has 116 valence electrons. The number of rotatable bonds is 6. The average molecular weight is 319 g/mol. The molecular weight excluding hydrogens is 302 g/mol. The van der Waals surface area contributed by atoms with E-state index in [9.17, 15) is 13.2 Å². The van der Waals surface area contributed by atoms with E-state index in [4.69, 9.17) is 5.14 Å². The number of aryl methyl sites for hydroxylation is 1. The van der Waals surface area contributed by atoms with E-state index in [1.807, 2.05) is 30.3 Å². The number of anilines is 1. The molecule has 2 aromatic rings. The molecule has 0 saturated carbocycles. The second kappa shape index (κ2) is 7.06. The van der Waals surface area contributed by atoms with Crippen LogP contribution in [0.5, 0.6) is 0 Å². The van der Waals surface area contributed by atoms with E-state index < -0.39 is 10.0 Å². The van der Waals surface area contributed by atoms with Crippen molar-refractivity contribution in [1.29, 1.82) is 0 Å². The zero-order valence-corrected chi connectivity index (χ0v) is 12.6. The molecule has 0 aliphatic heterocycles. The summed E-state index contributed by atoms with van der Waals surface area (Å²) in [7, 11) is -3.71. The molecule has 0 atom stereocenters. The molecule has 22 heavy (non-hydrogen) atoms. The zero-order chi connectivity index (χ0) is 16.0. The third-order valence-corrected chi connectivity index (χ3v) is 3.94. The fourth-order valence-corrected chi connectivity index (χ4v) is 2.35. The highest BCUT2D eigenvalue weighted by Gasteiger charge is 2.07. The summed E-state index contributed by atoms with van der Waals surface area (Å²) in [6.07, 6.45) is 1.00. The largest absolute Gasteiger partial charge is 0.299 e. The van der Waals surface area contributed by atoms with Crippen molar-refractivity contribution < 1.29 is 13.2 Å².